The van der Waals surface area contributed by atoms with Crippen molar-refractivity contribution >= 4 is 21.6 Å². The Labute approximate surface area is 176 Å². The molecule has 0 fully saturated rings. The number of hydrogen-bond acceptors (Lipinski definition) is 5. The van der Waals surface area contributed by atoms with Crippen LogP contribution in [-0.2, 0) is 22.1 Å². The van der Waals surface area contributed by atoms with Gasteiger partial charge in [0.1, 0.15) is 5.75 Å². The van der Waals surface area contributed by atoms with Crippen molar-refractivity contribution in [1.82, 2.24) is 10.3 Å². The van der Waals surface area contributed by atoms with Crippen LogP contribution in [0.3, 0.4) is 0 Å². The molecule has 0 aliphatic carbocycles. The highest BCUT2D eigenvalue weighted by molar-refractivity contribution is 7.90. The maximum atomic E-state index is 12.9. The van der Waals surface area contributed by atoms with Gasteiger partial charge in [-0.05, 0) is 54.4 Å². The Bertz CT molecular complexity index is 1110. The van der Waals surface area contributed by atoms with E-state index in [0.29, 0.717) is 23.5 Å². The minimum Gasteiger partial charge on any atom is -0.496 e. The molecule has 0 atom stereocenters. The standard InChI is InChI=1S/C22H23N3O4S/c1-16-5-3-7-21(29-2)20(16)15-30(27,28)19-10-8-18(9-11-19)25-22(26)24-14-17-6-4-12-23-13-17/h3-13H,14-15H2,1-2H3,(H2,24,25,26). The predicted molar refractivity (Wildman–Crippen MR) is 115 cm³/mol. The number of methoxy groups -OCH3 is 1. The lowest BCUT2D eigenvalue weighted by Crippen LogP contribution is -2.28. The maximum Gasteiger partial charge on any atom is 0.319 e. The van der Waals surface area contributed by atoms with E-state index in [0.717, 1.165) is 11.1 Å². The Morgan fingerprint density at radius 3 is 2.50 bits per heavy atom. The monoisotopic (exact) mass is 425 g/mol. The lowest BCUT2D eigenvalue weighted by Gasteiger charge is -2.12. The van der Waals surface area contributed by atoms with Gasteiger partial charge in [0, 0.05) is 30.2 Å². The third-order valence-corrected chi connectivity index (χ3v) is 6.23. The SMILES string of the molecule is COc1cccc(C)c1CS(=O)(=O)c1ccc(NC(=O)NCc2cccnc2)cc1. The number of hydrogen-bond donors (Lipinski definition) is 2. The number of pyridine rings is 1. The van der Waals surface area contributed by atoms with Crippen molar-refractivity contribution in [2.24, 2.45) is 0 Å². The van der Waals surface area contributed by atoms with Gasteiger partial charge in [-0.15, -0.1) is 0 Å². The minimum absolute atomic E-state index is 0.165. The number of benzene rings is 2. The third-order valence-electron chi connectivity index (χ3n) is 4.57. The van der Waals surface area contributed by atoms with Crippen LogP contribution in [0, 0.1) is 6.92 Å². The van der Waals surface area contributed by atoms with Gasteiger partial charge in [-0.3, -0.25) is 4.98 Å². The number of amides is 2. The summed E-state index contributed by atoms with van der Waals surface area (Å²) < 4.78 is 31.0. The Balaban J connectivity index is 1.65. The van der Waals surface area contributed by atoms with Gasteiger partial charge in [-0.1, -0.05) is 18.2 Å². The summed E-state index contributed by atoms with van der Waals surface area (Å²) in [6.07, 6.45) is 3.33. The summed E-state index contributed by atoms with van der Waals surface area (Å²) in [7, 11) is -2.06. The van der Waals surface area contributed by atoms with Crippen LogP contribution in [0.5, 0.6) is 5.75 Å². The summed E-state index contributed by atoms with van der Waals surface area (Å²) in [6, 6.07) is 14.8. The average molecular weight is 426 g/mol. The fraction of sp³-hybridized carbons (Fsp3) is 0.182. The molecule has 2 aromatic carbocycles. The van der Waals surface area contributed by atoms with Gasteiger partial charge < -0.3 is 15.4 Å². The van der Waals surface area contributed by atoms with E-state index in [1.807, 2.05) is 25.1 Å². The van der Waals surface area contributed by atoms with Crippen molar-refractivity contribution in [3.63, 3.8) is 0 Å². The van der Waals surface area contributed by atoms with Gasteiger partial charge >= 0.3 is 6.03 Å². The van der Waals surface area contributed by atoms with Gasteiger partial charge in [-0.2, -0.15) is 0 Å². The van der Waals surface area contributed by atoms with Crippen LogP contribution in [0.4, 0.5) is 10.5 Å². The zero-order chi connectivity index (χ0) is 21.6. The van der Waals surface area contributed by atoms with Crippen LogP contribution in [0.15, 0.2) is 71.9 Å². The fourth-order valence-electron chi connectivity index (χ4n) is 2.93. The molecule has 3 aromatic rings. The Morgan fingerprint density at radius 1 is 1.07 bits per heavy atom. The zero-order valence-corrected chi connectivity index (χ0v) is 17.6. The highest BCUT2D eigenvalue weighted by Gasteiger charge is 2.19. The van der Waals surface area contributed by atoms with Gasteiger partial charge in [0.05, 0.1) is 17.8 Å². The molecule has 1 aromatic heterocycles. The topological polar surface area (TPSA) is 97.4 Å². The first kappa shape index (κ1) is 21.3. The molecule has 30 heavy (non-hydrogen) atoms. The van der Waals surface area contributed by atoms with Crippen LogP contribution in [-0.4, -0.2) is 26.5 Å². The summed E-state index contributed by atoms with van der Waals surface area (Å²) in [5.41, 5.74) is 2.85. The molecule has 0 spiro atoms. The van der Waals surface area contributed by atoms with Crippen molar-refractivity contribution in [1.29, 1.82) is 0 Å². The molecule has 0 bridgehead atoms. The molecule has 2 amide bonds. The van der Waals surface area contributed by atoms with Gasteiger partial charge in [0.25, 0.3) is 0 Å². The molecule has 8 heteroatoms. The number of sulfone groups is 1. The van der Waals surface area contributed by atoms with E-state index < -0.39 is 9.84 Å². The molecular weight excluding hydrogens is 402 g/mol. The molecule has 0 saturated heterocycles. The summed E-state index contributed by atoms with van der Waals surface area (Å²) in [5.74, 6) is 0.378. The predicted octanol–water partition coefficient (Wildman–Crippen LogP) is 3.69. The van der Waals surface area contributed by atoms with Crippen LogP contribution >= 0.6 is 0 Å². The molecular formula is C22H23N3O4S. The number of anilines is 1. The number of ether oxygens (including phenoxy) is 1. The first-order valence-electron chi connectivity index (χ1n) is 9.28. The molecule has 0 aliphatic heterocycles. The third kappa shape index (κ3) is 5.36. The second kappa shape index (κ2) is 9.41. The van der Waals surface area contributed by atoms with Crippen molar-refractivity contribution in [2.75, 3.05) is 12.4 Å². The van der Waals surface area contributed by atoms with Crippen LogP contribution in [0.1, 0.15) is 16.7 Å². The number of rotatable bonds is 7. The molecule has 3 rings (SSSR count). The quantitative estimate of drug-likeness (QED) is 0.602. The number of nitrogens with one attached hydrogen (secondary N) is 2. The molecule has 0 radical (unpaired) electrons. The number of carbonyl (C=O) groups excluding carboxylic acids is 1. The van der Waals surface area contributed by atoms with Crippen LogP contribution in [0.25, 0.3) is 0 Å². The van der Waals surface area contributed by atoms with E-state index in [1.54, 1.807) is 36.7 Å². The lowest BCUT2D eigenvalue weighted by molar-refractivity contribution is 0.251. The minimum atomic E-state index is -3.58. The van der Waals surface area contributed by atoms with Crippen molar-refractivity contribution in [2.45, 2.75) is 24.1 Å². The number of carbonyl (C=O) groups is 1. The molecule has 156 valence electrons. The van der Waals surface area contributed by atoms with E-state index >= 15 is 0 Å². The summed E-state index contributed by atoms with van der Waals surface area (Å²) in [6.45, 7) is 2.19. The lowest BCUT2D eigenvalue weighted by atomic mass is 10.1. The second-order valence-corrected chi connectivity index (χ2v) is 8.70. The largest absolute Gasteiger partial charge is 0.496 e. The highest BCUT2D eigenvalue weighted by atomic mass is 32.2. The van der Waals surface area contributed by atoms with Crippen LogP contribution < -0.4 is 15.4 Å². The Morgan fingerprint density at radius 2 is 1.83 bits per heavy atom. The average Bonchev–Trinajstić information content (AvgIpc) is 2.75. The Kier molecular flexibility index (Phi) is 6.68. The van der Waals surface area contributed by atoms with E-state index in [9.17, 15) is 13.2 Å². The molecule has 0 unspecified atom stereocenters. The first-order chi connectivity index (χ1) is 14.4. The molecule has 0 saturated carbocycles. The van der Waals surface area contributed by atoms with Gasteiger partial charge in [-0.25, -0.2) is 13.2 Å². The van der Waals surface area contributed by atoms with E-state index in [2.05, 4.69) is 15.6 Å². The molecule has 0 aliphatic rings. The molecule has 7 nitrogen and oxygen atoms in total. The van der Waals surface area contributed by atoms with Crippen molar-refractivity contribution < 1.29 is 17.9 Å². The van der Waals surface area contributed by atoms with Crippen molar-refractivity contribution in [3.05, 3.63) is 83.7 Å². The zero-order valence-electron chi connectivity index (χ0n) is 16.8. The second-order valence-electron chi connectivity index (χ2n) is 6.71. The smallest absolute Gasteiger partial charge is 0.319 e. The van der Waals surface area contributed by atoms with Gasteiger partial charge in [0.2, 0.25) is 0 Å². The Hall–Kier alpha value is -3.39. The highest BCUT2D eigenvalue weighted by Crippen LogP contribution is 2.27. The molecule has 1 heterocycles. The van der Waals surface area contributed by atoms with E-state index in [-0.39, 0.29) is 16.7 Å². The number of nitrogens with zero attached hydrogens (tertiary/aromatic N) is 1. The van der Waals surface area contributed by atoms with Gasteiger partial charge in [0.15, 0.2) is 9.84 Å². The molecule has 2 N–H and O–H groups in total. The number of urea groups is 1. The fourth-order valence-corrected chi connectivity index (χ4v) is 4.40. The van der Waals surface area contributed by atoms with E-state index in [4.69, 9.17) is 4.74 Å². The first-order valence-corrected chi connectivity index (χ1v) is 10.9. The maximum absolute atomic E-state index is 12.9. The summed E-state index contributed by atoms with van der Waals surface area (Å²) >= 11 is 0. The van der Waals surface area contributed by atoms with Crippen LogP contribution in [0.2, 0.25) is 0 Å². The summed E-state index contributed by atoms with van der Waals surface area (Å²) in [4.78, 5) is 16.2. The van der Waals surface area contributed by atoms with Crippen molar-refractivity contribution in [3.8, 4) is 5.75 Å². The summed E-state index contributed by atoms with van der Waals surface area (Å²) in [5, 5.41) is 5.40. The normalized spacial score (nSPS) is 11.0. The van der Waals surface area contributed by atoms with E-state index in [1.165, 1.54) is 19.2 Å². The number of aromatic nitrogens is 1. The number of aryl methyl sites for hydroxylation is 1.